The van der Waals surface area contributed by atoms with Crippen LogP contribution in [0.4, 0.5) is 13.2 Å². The van der Waals surface area contributed by atoms with Crippen LogP contribution in [-0.2, 0) is 26.2 Å². The Kier molecular flexibility index (Phi) is 4.96. The highest BCUT2D eigenvalue weighted by atomic mass is 32.2. The second kappa shape index (κ2) is 7.03. The molecule has 2 aliphatic heterocycles. The molecule has 5 nitrogen and oxygen atoms in total. The lowest BCUT2D eigenvalue weighted by molar-refractivity contribution is -0.141. The van der Waals surface area contributed by atoms with E-state index >= 15 is 0 Å². The Labute approximate surface area is 167 Å². The molecule has 2 aliphatic rings. The van der Waals surface area contributed by atoms with Crippen molar-refractivity contribution >= 4 is 11.9 Å². The van der Waals surface area contributed by atoms with Crippen LogP contribution in [0.1, 0.15) is 29.6 Å². The molecule has 152 valence electrons. The van der Waals surface area contributed by atoms with Crippen molar-refractivity contribution in [2.45, 2.75) is 37.9 Å². The van der Waals surface area contributed by atoms with Gasteiger partial charge in [0.05, 0.1) is 11.9 Å². The Balaban J connectivity index is 1.28. The van der Waals surface area contributed by atoms with Crippen molar-refractivity contribution in [3.05, 3.63) is 41.0 Å². The first-order chi connectivity index (χ1) is 13.2. The Bertz CT molecular complexity index is 865. The van der Waals surface area contributed by atoms with Crippen LogP contribution in [0.3, 0.4) is 0 Å². The van der Waals surface area contributed by atoms with Crippen LogP contribution in [0.25, 0.3) is 0 Å². The van der Waals surface area contributed by atoms with Crippen molar-refractivity contribution in [3.8, 4) is 0 Å². The maximum Gasteiger partial charge on any atom is 0.433 e. The summed E-state index contributed by atoms with van der Waals surface area (Å²) in [4.78, 5) is 6.96. The predicted molar refractivity (Wildman–Crippen MR) is 102 cm³/mol. The monoisotopic (exact) mass is 411 g/mol. The molecule has 0 N–H and O–H groups in total. The molecule has 0 radical (unpaired) electrons. The summed E-state index contributed by atoms with van der Waals surface area (Å²) in [6, 6.07) is 2.59. The number of hydrogen-bond acceptors (Lipinski definition) is 5. The van der Waals surface area contributed by atoms with Crippen molar-refractivity contribution in [2.24, 2.45) is 12.5 Å². The zero-order chi connectivity index (χ0) is 20.1. The van der Waals surface area contributed by atoms with Crippen LogP contribution in [0.15, 0.2) is 23.2 Å². The van der Waals surface area contributed by atoms with E-state index in [1.807, 2.05) is 17.9 Å². The van der Waals surface area contributed by atoms with Crippen LogP contribution in [0.5, 0.6) is 0 Å². The number of halogens is 3. The molecule has 2 aromatic heterocycles. The minimum absolute atomic E-state index is 0.328. The fourth-order valence-corrected chi connectivity index (χ4v) is 5.52. The first-order valence-electron chi connectivity index (χ1n) is 9.39. The van der Waals surface area contributed by atoms with Gasteiger partial charge in [0.15, 0.2) is 0 Å². The Morgan fingerprint density at radius 3 is 2.50 bits per heavy atom. The van der Waals surface area contributed by atoms with Gasteiger partial charge in [-0.15, -0.1) is 0 Å². The molecular formula is C19H24F3N5S. The van der Waals surface area contributed by atoms with E-state index in [0.717, 1.165) is 50.1 Å². The maximum absolute atomic E-state index is 12.7. The number of nitrogens with zero attached hydrogens (tertiary/aromatic N) is 5. The second-order valence-electron chi connectivity index (χ2n) is 7.91. The van der Waals surface area contributed by atoms with Gasteiger partial charge in [-0.2, -0.15) is 18.3 Å². The number of pyridine rings is 1. The first kappa shape index (κ1) is 19.7. The molecule has 2 fully saturated rings. The molecule has 0 amide bonds. The topological polar surface area (TPSA) is 37.2 Å². The van der Waals surface area contributed by atoms with Gasteiger partial charge in [-0.05, 0) is 37.4 Å². The molecule has 2 aromatic rings. The number of aromatic nitrogens is 3. The lowest BCUT2D eigenvalue weighted by Crippen LogP contribution is -2.70. The summed E-state index contributed by atoms with van der Waals surface area (Å²) in [6.07, 6.45) is -1.45. The lowest BCUT2D eigenvalue weighted by Gasteiger charge is -2.60. The van der Waals surface area contributed by atoms with Crippen LogP contribution < -0.4 is 0 Å². The highest BCUT2D eigenvalue weighted by molar-refractivity contribution is 7.97. The third kappa shape index (κ3) is 3.67. The number of likely N-dealkylation sites (tertiary alicyclic amines) is 1. The molecule has 0 unspecified atom stereocenters. The minimum Gasteiger partial charge on any atom is -0.298 e. The zero-order valence-corrected chi connectivity index (χ0v) is 17.1. The molecule has 9 heteroatoms. The van der Waals surface area contributed by atoms with Gasteiger partial charge in [0.2, 0.25) is 0 Å². The summed E-state index contributed by atoms with van der Waals surface area (Å²) in [5.74, 6) is 0. The predicted octanol–water partition coefficient (Wildman–Crippen LogP) is 3.53. The van der Waals surface area contributed by atoms with Crippen molar-refractivity contribution in [1.29, 1.82) is 0 Å². The number of alkyl halides is 3. The first-order valence-corrected chi connectivity index (χ1v) is 10.2. The van der Waals surface area contributed by atoms with E-state index in [1.165, 1.54) is 29.3 Å². The van der Waals surface area contributed by atoms with Gasteiger partial charge in [-0.3, -0.25) is 9.58 Å². The van der Waals surface area contributed by atoms with E-state index in [9.17, 15) is 13.2 Å². The van der Waals surface area contributed by atoms with Crippen LogP contribution in [-0.4, -0.2) is 50.1 Å². The standard InChI is InChI=1S/C19H24F3N5S/c1-4-15-14(7-23-25(15)3)8-26-9-18(10-26)11-27(12-18)28-16-5-6-17(19(20,21)22)24-13(16)2/h5-7H,4,8-12H2,1-3H3. The lowest BCUT2D eigenvalue weighted by atomic mass is 9.74. The van der Waals surface area contributed by atoms with Crippen LogP contribution in [0, 0.1) is 12.3 Å². The number of aryl methyl sites for hydroxylation is 2. The van der Waals surface area contributed by atoms with E-state index in [1.54, 1.807) is 6.92 Å². The van der Waals surface area contributed by atoms with Gasteiger partial charge in [-0.25, -0.2) is 9.29 Å². The number of rotatable bonds is 5. The normalized spacial score (nSPS) is 19.6. The third-order valence-electron chi connectivity index (χ3n) is 5.57. The van der Waals surface area contributed by atoms with Gasteiger partial charge >= 0.3 is 6.18 Å². The maximum atomic E-state index is 12.7. The summed E-state index contributed by atoms with van der Waals surface area (Å²) < 4.78 is 42.4. The smallest absolute Gasteiger partial charge is 0.298 e. The average Bonchev–Trinajstić information content (AvgIpc) is 2.91. The van der Waals surface area contributed by atoms with Crippen molar-refractivity contribution in [2.75, 3.05) is 26.2 Å². The molecule has 2 saturated heterocycles. The van der Waals surface area contributed by atoms with Crippen LogP contribution in [0.2, 0.25) is 0 Å². The Morgan fingerprint density at radius 1 is 1.18 bits per heavy atom. The summed E-state index contributed by atoms with van der Waals surface area (Å²) in [7, 11) is 1.99. The summed E-state index contributed by atoms with van der Waals surface area (Å²) >= 11 is 1.51. The van der Waals surface area contributed by atoms with E-state index in [2.05, 4.69) is 26.2 Å². The Morgan fingerprint density at radius 2 is 1.89 bits per heavy atom. The summed E-state index contributed by atoms with van der Waals surface area (Å²) in [6.45, 7) is 8.77. The zero-order valence-electron chi connectivity index (χ0n) is 16.3. The van der Waals surface area contributed by atoms with E-state index in [4.69, 9.17) is 0 Å². The molecule has 0 bridgehead atoms. The van der Waals surface area contributed by atoms with E-state index in [-0.39, 0.29) is 0 Å². The minimum atomic E-state index is -4.39. The largest absolute Gasteiger partial charge is 0.433 e. The van der Waals surface area contributed by atoms with Crippen molar-refractivity contribution < 1.29 is 13.2 Å². The number of hydrogen-bond donors (Lipinski definition) is 0. The molecule has 0 atom stereocenters. The highest BCUT2D eigenvalue weighted by Crippen LogP contribution is 2.45. The second-order valence-corrected chi connectivity index (χ2v) is 9.04. The molecule has 4 rings (SSSR count). The molecular weight excluding hydrogens is 387 g/mol. The molecule has 1 spiro atoms. The highest BCUT2D eigenvalue weighted by Gasteiger charge is 2.52. The van der Waals surface area contributed by atoms with E-state index in [0.29, 0.717) is 11.1 Å². The van der Waals surface area contributed by atoms with Gasteiger partial charge in [-0.1, -0.05) is 6.92 Å². The molecule has 0 saturated carbocycles. The quantitative estimate of drug-likeness (QED) is 0.704. The Hall–Kier alpha value is -1.58. The van der Waals surface area contributed by atoms with Gasteiger partial charge in [0.1, 0.15) is 5.69 Å². The SMILES string of the molecule is CCc1c(CN2CC3(C2)CN(Sc2ccc(C(F)(F)F)nc2C)C3)cnn1C. The molecule has 0 aromatic carbocycles. The fourth-order valence-electron chi connectivity index (χ4n) is 4.26. The molecule has 4 heterocycles. The molecule has 0 aliphatic carbocycles. The van der Waals surface area contributed by atoms with Gasteiger partial charge < -0.3 is 0 Å². The average molecular weight is 411 g/mol. The fraction of sp³-hybridized carbons (Fsp3) is 0.579. The van der Waals surface area contributed by atoms with Gasteiger partial charge in [0, 0.05) is 61.3 Å². The van der Waals surface area contributed by atoms with Crippen LogP contribution >= 0.6 is 11.9 Å². The van der Waals surface area contributed by atoms with Crippen molar-refractivity contribution in [3.63, 3.8) is 0 Å². The van der Waals surface area contributed by atoms with Gasteiger partial charge in [0.25, 0.3) is 0 Å². The molecule has 28 heavy (non-hydrogen) atoms. The summed E-state index contributed by atoms with van der Waals surface area (Å²) in [5, 5.41) is 4.36. The van der Waals surface area contributed by atoms with Crippen molar-refractivity contribution in [1.82, 2.24) is 24.0 Å². The van der Waals surface area contributed by atoms with E-state index < -0.39 is 11.9 Å². The third-order valence-corrected chi connectivity index (χ3v) is 6.72. The summed E-state index contributed by atoms with van der Waals surface area (Å²) in [5.41, 5.74) is 2.52.